The number of hydrogen-bond acceptors (Lipinski definition) is 5. The lowest BCUT2D eigenvalue weighted by molar-refractivity contribution is 0.243. The van der Waals surface area contributed by atoms with Gasteiger partial charge in [-0.2, -0.15) is 0 Å². The van der Waals surface area contributed by atoms with Gasteiger partial charge in [-0.15, -0.1) is 0 Å². The number of nitrogens with zero attached hydrogens (tertiary/aromatic N) is 2. The number of anilines is 2. The van der Waals surface area contributed by atoms with Gasteiger partial charge in [-0.1, -0.05) is 0 Å². The van der Waals surface area contributed by atoms with Crippen LogP contribution in [0.3, 0.4) is 0 Å². The van der Waals surface area contributed by atoms with Crippen LogP contribution in [-0.4, -0.2) is 46.0 Å². The molecule has 2 aromatic carbocycles. The number of methoxy groups -OCH3 is 1. The van der Waals surface area contributed by atoms with Gasteiger partial charge in [0.25, 0.3) is 0 Å². The molecule has 0 spiro atoms. The van der Waals surface area contributed by atoms with Gasteiger partial charge in [-0.3, -0.25) is 0 Å². The summed E-state index contributed by atoms with van der Waals surface area (Å²) >= 11 is 0. The first kappa shape index (κ1) is 19.7. The summed E-state index contributed by atoms with van der Waals surface area (Å²) in [5.74, 6) is 2.79. The number of rotatable bonds is 5. The molecule has 1 saturated heterocycles. The van der Waals surface area contributed by atoms with Crippen molar-refractivity contribution in [2.45, 2.75) is 40.2 Å². The fraction of sp³-hybridized carbons (Fsp3) is 0.500. The van der Waals surface area contributed by atoms with E-state index in [0.29, 0.717) is 6.61 Å². The molecule has 0 aromatic heterocycles. The van der Waals surface area contributed by atoms with Gasteiger partial charge in [0.1, 0.15) is 11.9 Å². The van der Waals surface area contributed by atoms with Crippen molar-refractivity contribution in [3.63, 3.8) is 0 Å². The van der Waals surface area contributed by atoms with Crippen LogP contribution in [0.2, 0.25) is 0 Å². The molecule has 2 heterocycles. The minimum absolute atomic E-state index is 0.212. The van der Waals surface area contributed by atoms with Crippen LogP contribution < -0.4 is 24.0 Å². The highest BCUT2D eigenvalue weighted by Gasteiger charge is 2.31. The Morgan fingerprint density at radius 2 is 1.66 bits per heavy atom. The van der Waals surface area contributed by atoms with Crippen molar-refractivity contribution < 1.29 is 14.2 Å². The molecule has 2 aliphatic heterocycles. The lowest BCUT2D eigenvalue weighted by Gasteiger charge is -2.39. The average molecular weight is 397 g/mol. The molecule has 156 valence electrons. The van der Waals surface area contributed by atoms with E-state index in [1.807, 2.05) is 6.92 Å². The quantitative estimate of drug-likeness (QED) is 0.750. The molecule has 0 bridgehead atoms. The predicted molar refractivity (Wildman–Crippen MR) is 118 cm³/mol. The topological polar surface area (TPSA) is 34.2 Å². The van der Waals surface area contributed by atoms with Gasteiger partial charge in [-0.05, 0) is 57.5 Å². The monoisotopic (exact) mass is 396 g/mol. The van der Waals surface area contributed by atoms with E-state index in [-0.39, 0.29) is 6.10 Å². The zero-order valence-corrected chi connectivity index (χ0v) is 18.2. The van der Waals surface area contributed by atoms with Crippen LogP contribution in [0, 0.1) is 13.8 Å². The molecule has 5 heteroatoms. The summed E-state index contributed by atoms with van der Waals surface area (Å²) < 4.78 is 17.4. The average Bonchev–Trinajstić information content (AvgIpc) is 3.11. The van der Waals surface area contributed by atoms with Crippen LogP contribution in [0.25, 0.3) is 0 Å². The van der Waals surface area contributed by atoms with Gasteiger partial charge < -0.3 is 24.0 Å². The van der Waals surface area contributed by atoms with Crippen molar-refractivity contribution >= 4 is 11.4 Å². The summed E-state index contributed by atoms with van der Waals surface area (Å²) in [4.78, 5) is 4.97. The van der Waals surface area contributed by atoms with Crippen molar-refractivity contribution in [1.82, 2.24) is 0 Å². The highest BCUT2D eigenvalue weighted by molar-refractivity contribution is 5.73. The second-order valence-corrected chi connectivity index (χ2v) is 7.97. The van der Waals surface area contributed by atoms with E-state index in [1.165, 1.54) is 28.1 Å². The second-order valence-electron chi connectivity index (χ2n) is 7.97. The van der Waals surface area contributed by atoms with E-state index in [9.17, 15) is 0 Å². The van der Waals surface area contributed by atoms with Crippen molar-refractivity contribution in [2.24, 2.45) is 0 Å². The van der Waals surface area contributed by atoms with Gasteiger partial charge >= 0.3 is 0 Å². The Balaban J connectivity index is 1.54. The zero-order chi connectivity index (χ0) is 20.5. The third kappa shape index (κ3) is 3.59. The van der Waals surface area contributed by atoms with E-state index in [2.05, 4.69) is 54.8 Å². The first-order valence-corrected chi connectivity index (χ1v) is 10.6. The highest BCUT2D eigenvalue weighted by atomic mass is 16.5. The summed E-state index contributed by atoms with van der Waals surface area (Å²) in [7, 11) is 1.75. The van der Waals surface area contributed by atoms with Crippen LogP contribution in [0.5, 0.6) is 17.2 Å². The Kier molecular flexibility index (Phi) is 5.48. The maximum Gasteiger partial charge on any atom is 0.166 e. The zero-order valence-electron chi connectivity index (χ0n) is 18.2. The van der Waals surface area contributed by atoms with Crippen LogP contribution in [0.4, 0.5) is 11.4 Å². The third-order valence-electron chi connectivity index (χ3n) is 6.11. The Hall–Kier alpha value is -2.56. The van der Waals surface area contributed by atoms with Crippen molar-refractivity contribution in [3.05, 3.63) is 41.0 Å². The van der Waals surface area contributed by atoms with Gasteiger partial charge in [0.15, 0.2) is 11.5 Å². The number of ether oxygens (including phenoxy) is 3. The molecule has 2 aliphatic rings. The second kappa shape index (κ2) is 8.05. The minimum Gasteiger partial charge on any atom is -0.494 e. The van der Waals surface area contributed by atoms with Gasteiger partial charge in [-0.25, -0.2) is 0 Å². The fourth-order valence-electron chi connectivity index (χ4n) is 4.74. The summed E-state index contributed by atoms with van der Waals surface area (Å²) in [5.41, 5.74) is 6.42. The molecule has 0 saturated carbocycles. The number of piperazine rings is 1. The van der Waals surface area contributed by atoms with E-state index < -0.39 is 0 Å². The Morgan fingerprint density at radius 3 is 2.28 bits per heavy atom. The summed E-state index contributed by atoms with van der Waals surface area (Å²) in [6.45, 7) is 13.2. The number of hydrogen-bond donors (Lipinski definition) is 0. The van der Waals surface area contributed by atoms with Gasteiger partial charge in [0.05, 0.1) is 13.7 Å². The number of benzene rings is 2. The molecule has 1 fully saturated rings. The Morgan fingerprint density at radius 1 is 1.00 bits per heavy atom. The highest BCUT2D eigenvalue weighted by Crippen LogP contribution is 2.47. The van der Waals surface area contributed by atoms with Gasteiger partial charge in [0, 0.05) is 55.1 Å². The van der Waals surface area contributed by atoms with Crippen molar-refractivity contribution in [1.29, 1.82) is 0 Å². The maximum atomic E-state index is 6.07. The lowest BCUT2D eigenvalue weighted by Crippen LogP contribution is -2.47. The van der Waals surface area contributed by atoms with E-state index in [0.717, 1.165) is 49.8 Å². The molecule has 1 atom stereocenters. The van der Waals surface area contributed by atoms with Crippen molar-refractivity contribution in [2.75, 3.05) is 49.7 Å². The minimum atomic E-state index is 0.212. The molecule has 0 aliphatic carbocycles. The van der Waals surface area contributed by atoms with Crippen molar-refractivity contribution in [3.8, 4) is 17.2 Å². The van der Waals surface area contributed by atoms with Crippen LogP contribution in [0.1, 0.15) is 30.5 Å². The van der Waals surface area contributed by atoms with E-state index >= 15 is 0 Å². The molecular formula is C24H32N2O3. The van der Waals surface area contributed by atoms with Crippen LogP contribution in [0.15, 0.2) is 24.3 Å². The first-order chi connectivity index (χ1) is 14.0. The standard InChI is InChI=1S/C24H32N2O3/c1-6-28-20-9-7-19(8-10-20)25-11-13-26(14-12-25)22-17(3)21-15-16(2)29-24(21)23(27-5)18(22)4/h7-10,16H,6,11-15H2,1-5H3. The molecule has 29 heavy (non-hydrogen) atoms. The molecule has 2 aromatic rings. The van der Waals surface area contributed by atoms with Crippen LogP contribution in [-0.2, 0) is 6.42 Å². The molecule has 5 nitrogen and oxygen atoms in total. The van der Waals surface area contributed by atoms with Gasteiger partial charge in [0.2, 0.25) is 0 Å². The normalized spacial score (nSPS) is 18.4. The van der Waals surface area contributed by atoms with E-state index in [4.69, 9.17) is 14.2 Å². The molecule has 0 amide bonds. The van der Waals surface area contributed by atoms with Crippen LogP contribution >= 0.6 is 0 Å². The van der Waals surface area contributed by atoms with E-state index in [1.54, 1.807) is 7.11 Å². The first-order valence-electron chi connectivity index (χ1n) is 10.6. The maximum absolute atomic E-state index is 6.07. The smallest absolute Gasteiger partial charge is 0.166 e. The SMILES string of the molecule is CCOc1ccc(N2CCN(c3c(C)c4c(c(OC)c3C)OC(C)C4)CC2)cc1. The molecule has 0 radical (unpaired) electrons. The molecule has 1 unspecified atom stereocenters. The molecular weight excluding hydrogens is 364 g/mol. The summed E-state index contributed by atoms with van der Waals surface area (Å²) in [6, 6.07) is 8.45. The summed E-state index contributed by atoms with van der Waals surface area (Å²) in [5, 5.41) is 0. The fourth-order valence-corrected chi connectivity index (χ4v) is 4.74. The number of fused-ring (bicyclic) bond motifs is 1. The largest absolute Gasteiger partial charge is 0.494 e. The molecule has 0 N–H and O–H groups in total. The lowest BCUT2D eigenvalue weighted by atomic mass is 9.96. The Labute approximate surface area is 174 Å². The summed E-state index contributed by atoms with van der Waals surface area (Å²) in [6.07, 6.45) is 1.17. The Bertz CT molecular complexity index is 871. The predicted octanol–water partition coefficient (Wildman–Crippen LogP) is 4.36. The third-order valence-corrected chi connectivity index (χ3v) is 6.11. The molecule has 4 rings (SSSR count).